The second kappa shape index (κ2) is 12.8. The summed E-state index contributed by atoms with van der Waals surface area (Å²) in [4.78, 5) is 47.7. The molecule has 1 aliphatic rings. The normalized spacial score (nSPS) is 16.6. The van der Waals surface area contributed by atoms with Gasteiger partial charge in [0.2, 0.25) is 5.91 Å². The van der Waals surface area contributed by atoms with Gasteiger partial charge in [0.25, 0.3) is 11.8 Å². The molecule has 2 heterocycles. The Kier molecular flexibility index (Phi) is 9.04. The third-order valence-electron chi connectivity index (χ3n) is 6.65. The number of nitrogens with zero attached hydrogens (tertiary/aromatic N) is 4. The topological polar surface area (TPSA) is 127 Å². The molecule has 0 saturated carbocycles. The number of carbonyl (C=O) groups is 3. The van der Waals surface area contributed by atoms with Crippen molar-refractivity contribution in [3.05, 3.63) is 108 Å². The zero-order chi connectivity index (χ0) is 28.6. The number of aromatic nitrogens is 1. The summed E-state index contributed by atoms with van der Waals surface area (Å²) in [7, 11) is 0. The molecule has 0 aliphatic carbocycles. The van der Waals surface area contributed by atoms with E-state index in [4.69, 9.17) is 0 Å². The van der Waals surface area contributed by atoms with Gasteiger partial charge in [-0.1, -0.05) is 80.6 Å². The summed E-state index contributed by atoms with van der Waals surface area (Å²) in [6, 6.07) is 23.3. The van der Waals surface area contributed by atoms with Crippen LogP contribution in [0.4, 0.5) is 0 Å². The van der Waals surface area contributed by atoms with Gasteiger partial charge in [0.1, 0.15) is 18.3 Å². The Bertz CT molecular complexity index is 1400. The summed E-state index contributed by atoms with van der Waals surface area (Å²) in [6.07, 6.45) is 1.90. The Morgan fingerprint density at radius 3 is 2.27 bits per heavy atom. The molecule has 204 valence electrons. The molecular weight excluding hydrogens is 506 g/mol. The average molecular weight is 538 g/mol. The van der Waals surface area contributed by atoms with Gasteiger partial charge < -0.3 is 10.4 Å². The molecule has 1 aromatic heterocycles. The van der Waals surface area contributed by atoms with Crippen molar-refractivity contribution in [3.8, 4) is 6.07 Å². The third kappa shape index (κ3) is 6.42. The van der Waals surface area contributed by atoms with E-state index < -0.39 is 35.9 Å². The molecule has 3 atom stereocenters. The van der Waals surface area contributed by atoms with Gasteiger partial charge in [-0.2, -0.15) is 5.26 Å². The van der Waals surface area contributed by atoms with Crippen LogP contribution in [-0.4, -0.2) is 62.3 Å². The minimum absolute atomic E-state index is 0.199. The number of hydrogen-bond acceptors (Lipinski definition) is 6. The molecule has 40 heavy (non-hydrogen) atoms. The Morgan fingerprint density at radius 1 is 1.02 bits per heavy atom. The number of pyridine rings is 1. The summed E-state index contributed by atoms with van der Waals surface area (Å²) < 4.78 is 0. The predicted octanol–water partition coefficient (Wildman–Crippen LogP) is 3.00. The number of benzene rings is 2. The fraction of sp³-hybridized carbons (Fsp3) is 0.258. The van der Waals surface area contributed by atoms with Crippen LogP contribution in [0.2, 0.25) is 0 Å². The molecule has 0 bridgehead atoms. The van der Waals surface area contributed by atoms with E-state index in [9.17, 15) is 24.8 Å². The van der Waals surface area contributed by atoms with Gasteiger partial charge in [0.15, 0.2) is 6.10 Å². The Morgan fingerprint density at radius 2 is 1.68 bits per heavy atom. The smallest absolute Gasteiger partial charge is 0.277 e. The van der Waals surface area contributed by atoms with Gasteiger partial charge in [0.05, 0.1) is 17.8 Å². The lowest BCUT2D eigenvalue weighted by Gasteiger charge is -2.41. The molecule has 4 rings (SSSR count). The number of rotatable bonds is 9. The standard InChI is InChI=1S/C31H31N5O4/c1-21(2)29-31(40)35(20-28(38)34-25(27(37)18-32)17-22-11-5-3-6-12-22)26(23-13-7-4-8-14-23)19-36(29)30(39)24-15-9-10-16-33-24/h3-16,19,21,25,27,29,37H,17,20H2,1-2H3,(H,34,38). The fourth-order valence-corrected chi connectivity index (χ4v) is 4.69. The van der Waals surface area contributed by atoms with Crippen molar-refractivity contribution in [2.24, 2.45) is 5.92 Å². The van der Waals surface area contributed by atoms with Gasteiger partial charge in [-0.3, -0.25) is 29.2 Å². The van der Waals surface area contributed by atoms with E-state index >= 15 is 0 Å². The van der Waals surface area contributed by atoms with Gasteiger partial charge >= 0.3 is 0 Å². The first-order chi connectivity index (χ1) is 19.3. The monoisotopic (exact) mass is 537 g/mol. The number of nitriles is 1. The Labute approximate surface area is 233 Å². The maximum Gasteiger partial charge on any atom is 0.277 e. The summed E-state index contributed by atoms with van der Waals surface area (Å²) in [6.45, 7) is 3.30. The van der Waals surface area contributed by atoms with Crippen LogP contribution in [0.1, 0.15) is 35.5 Å². The van der Waals surface area contributed by atoms with E-state index in [-0.39, 0.29) is 24.6 Å². The van der Waals surface area contributed by atoms with Crippen molar-refractivity contribution >= 4 is 23.4 Å². The first-order valence-electron chi connectivity index (χ1n) is 13.0. The van der Waals surface area contributed by atoms with Crippen LogP contribution in [0, 0.1) is 17.2 Å². The summed E-state index contributed by atoms with van der Waals surface area (Å²) in [5.41, 5.74) is 2.06. The van der Waals surface area contributed by atoms with Crippen LogP contribution in [0.15, 0.2) is 91.3 Å². The van der Waals surface area contributed by atoms with E-state index in [1.807, 2.05) is 50.2 Å². The van der Waals surface area contributed by atoms with Crippen molar-refractivity contribution in [1.82, 2.24) is 20.1 Å². The number of amides is 3. The Hall–Kier alpha value is -4.81. The lowest BCUT2D eigenvalue weighted by Crippen LogP contribution is -2.57. The van der Waals surface area contributed by atoms with Gasteiger partial charge in [0, 0.05) is 12.4 Å². The van der Waals surface area contributed by atoms with E-state index in [2.05, 4.69) is 10.3 Å². The molecule has 3 unspecified atom stereocenters. The molecule has 0 radical (unpaired) electrons. The predicted molar refractivity (Wildman–Crippen MR) is 149 cm³/mol. The zero-order valence-corrected chi connectivity index (χ0v) is 22.3. The molecule has 2 N–H and O–H groups in total. The SMILES string of the molecule is CC(C)C1C(=O)N(CC(=O)NC(Cc2ccccc2)C(O)C#N)C(c2ccccc2)=CN1C(=O)c1ccccn1. The minimum Gasteiger partial charge on any atom is -0.376 e. The van der Waals surface area contributed by atoms with Gasteiger partial charge in [-0.05, 0) is 35.6 Å². The highest BCUT2D eigenvalue weighted by Gasteiger charge is 2.41. The highest BCUT2D eigenvalue weighted by molar-refractivity contribution is 6.03. The van der Waals surface area contributed by atoms with Crippen LogP contribution < -0.4 is 5.32 Å². The van der Waals surface area contributed by atoms with Crippen molar-refractivity contribution in [3.63, 3.8) is 0 Å². The molecule has 0 saturated heterocycles. The first kappa shape index (κ1) is 28.2. The van der Waals surface area contributed by atoms with Gasteiger partial charge in [-0.25, -0.2) is 0 Å². The molecule has 9 heteroatoms. The first-order valence-corrected chi connectivity index (χ1v) is 13.0. The minimum atomic E-state index is -1.44. The lowest BCUT2D eigenvalue weighted by molar-refractivity contribution is -0.138. The lowest BCUT2D eigenvalue weighted by atomic mass is 9.96. The van der Waals surface area contributed by atoms with Crippen molar-refractivity contribution in [2.45, 2.75) is 38.5 Å². The molecular formula is C31H31N5O4. The molecule has 0 spiro atoms. The van der Waals surface area contributed by atoms with Crippen LogP contribution in [-0.2, 0) is 16.0 Å². The Balaban J connectivity index is 1.67. The number of carbonyl (C=O) groups excluding carboxylic acids is 3. The van der Waals surface area contributed by atoms with Crippen molar-refractivity contribution in [1.29, 1.82) is 5.26 Å². The number of aliphatic hydroxyl groups is 1. The van der Waals surface area contributed by atoms with Crippen LogP contribution in [0.3, 0.4) is 0 Å². The quantitative estimate of drug-likeness (QED) is 0.404. The summed E-state index contributed by atoms with van der Waals surface area (Å²) in [5, 5.41) is 22.4. The number of aliphatic hydroxyl groups excluding tert-OH is 1. The second-order valence-electron chi connectivity index (χ2n) is 9.86. The third-order valence-corrected chi connectivity index (χ3v) is 6.65. The molecule has 1 aliphatic heterocycles. The van der Waals surface area contributed by atoms with Gasteiger partial charge in [-0.15, -0.1) is 0 Å². The summed E-state index contributed by atoms with van der Waals surface area (Å²) in [5.74, 6) is -1.66. The highest BCUT2D eigenvalue weighted by atomic mass is 16.3. The number of hydrogen-bond donors (Lipinski definition) is 2. The summed E-state index contributed by atoms with van der Waals surface area (Å²) >= 11 is 0. The molecule has 3 amide bonds. The molecule has 0 fully saturated rings. The van der Waals surface area contributed by atoms with Crippen LogP contribution in [0.25, 0.3) is 5.70 Å². The zero-order valence-electron chi connectivity index (χ0n) is 22.3. The maximum atomic E-state index is 14.0. The molecule has 2 aromatic carbocycles. The van der Waals surface area contributed by atoms with Crippen molar-refractivity contribution in [2.75, 3.05) is 6.54 Å². The maximum absolute atomic E-state index is 14.0. The average Bonchev–Trinajstić information content (AvgIpc) is 2.98. The van der Waals surface area contributed by atoms with E-state index in [1.165, 1.54) is 16.0 Å². The second-order valence-corrected chi connectivity index (χ2v) is 9.86. The van der Waals surface area contributed by atoms with E-state index in [0.29, 0.717) is 11.3 Å². The van der Waals surface area contributed by atoms with Crippen molar-refractivity contribution < 1.29 is 19.5 Å². The number of nitrogens with one attached hydrogen (secondary N) is 1. The van der Waals surface area contributed by atoms with E-state index in [1.54, 1.807) is 54.7 Å². The van der Waals surface area contributed by atoms with Crippen LogP contribution in [0.5, 0.6) is 0 Å². The fourth-order valence-electron chi connectivity index (χ4n) is 4.69. The highest BCUT2D eigenvalue weighted by Crippen LogP contribution is 2.30. The largest absolute Gasteiger partial charge is 0.376 e. The van der Waals surface area contributed by atoms with Crippen LogP contribution >= 0.6 is 0 Å². The molecule has 9 nitrogen and oxygen atoms in total. The molecule has 3 aromatic rings. The van der Waals surface area contributed by atoms with E-state index in [0.717, 1.165) is 5.56 Å².